The Bertz CT molecular complexity index is 377. The van der Waals surface area contributed by atoms with Gasteiger partial charge in [-0.1, -0.05) is 0 Å². The first-order chi connectivity index (χ1) is 8.88. The van der Waals surface area contributed by atoms with E-state index in [-0.39, 0.29) is 18.5 Å². The lowest BCUT2D eigenvalue weighted by molar-refractivity contribution is -0.137. The summed E-state index contributed by atoms with van der Waals surface area (Å²) in [6.45, 7) is -1.47. The minimum absolute atomic E-state index is 0.171. The fourth-order valence-electron chi connectivity index (χ4n) is 1.32. The van der Waals surface area contributed by atoms with Gasteiger partial charge in [0, 0.05) is 6.04 Å². The smallest absolute Gasteiger partial charge is 0.323 e. The van der Waals surface area contributed by atoms with Crippen LogP contribution in [0.2, 0.25) is 0 Å². The van der Waals surface area contributed by atoms with Crippen molar-refractivity contribution in [3.63, 3.8) is 0 Å². The van der Waals surface area contributed by atoms with Gasteiger partial charge in [0.1, 0.15) is 13.1 Å². The van der Waals surface area contributed by atoms with Crippen LogP contribution >= 0.6 is 0 Å². The first-order valence-corrected chi connectivity index (χ1v) is 5.70. The number of carbonyl (C=O) groups is 4. The lowest BCUT2D eigenvalue weighted by Crippen LogP contribution is -2.49. The molecular formula is C10H16N4O5. The first kappa shape index (κ1) is 14.7. The van der Waals surface area contributed by atoms with Gasteiger partial charge in [-0.05, 0) is 12.8 Å². The van der Waals surface area contributed by atoms with Gasteiger partial charge in [0.25, 0.3) is 0 Å². The molecule has 0 aliphatic heterocycles. The number of hydrogen-bond acceptors (Lipinski definition) is 4. The van der Waals surface area contributed by atoms with Crippen LogP contribution in [0.15, 0.2) is 0 Å². The number of carboxylic acids is 1. The molecule has 9 nitrogen and oxygen atoms in total. The number of primary amides is 1. The van der Waals surface area contributed by atoms with Crippen LogP contribution in [0.3, 0.4) is 0 Å². The quantitative estimate of drug-likeness (QED) is 0.418. The van der Waals surface area contributed by atoms with E-state index < -0.39 is 31.0 Å². The number of carbonyl (C=O) groups excluding carboxylic acids is 3. The lowest BCUT2D eigenvalue weighted by atomic mass is 10.4. The van der Waals surface area contributed by atoms with Gasteiger partial charge in [-0.15, -0.1) is 0 Å². The molecule has 4 amide bonds. The van der Waals surface area contributed by atoms with Gasteiger partial charge >= 0.3 is 12.0 Å². The van der Waals surface area contributed by atoms with Gasteiger partial charge in [-0.3, -0.25) is 14.4 Å². The Balaban J connectivity index is 2.38. The predicted octanol–water partition coefficient (Wildman–Crippen LogP) is -2.15. The molecule has 1 aliphatic carbocycles. The molecule has 1 aliphatic rings. The number of aliphatic carboxylic acids is 1. The Kier molecular flexibility index (Phi) is 5.10. The van der Waals surface area contributed by atoms with Gasteiger partial charge in [0.15, 0.2) is 0 Å². The van der Waals surface area contributed by atoms with E-state index in [0.717, 1.165) is 17.7 Å². The summed E-state index contributed by atoms with van der Waals surface area (Å²) < 4.78 is 0. The maximum atomic E-state index is 11.6. The van der Waals surface area contributed by atoms with E-state index >= 15 is 0 Å². The second-order valence-corrected chi connectivity index (χ2v) is 4.22. The first-order valence-electron chi connectivity index (χ1n) is 5.70. The summed E-state index contributed by atoms with van der Waals surface area (Å²) in [4.78, 5) is 44.9. The van der Waals surface area contributed by atoms with Crippen molar-refractivity contribution in [2.75, 3.05) is 19.6 Å². The van der Waals surface area contributed by atoms with Gasteiger partial charge < -0.3 is 26.4 Å². The summed E-state index contributed by atoms with van der Waals surface area (Å²) in [7, 11) is 0. The fourth-order valence-corrected chi connectivity index (χ4v) is 1.32. The molecule has 106 valence electrons. The Morgan fingerprint density at radius 1 is 1.21 bits per heavy atom. The molecule has 0 atom stereocenters. The van der Waals surface area contributed by atoms with Crippen LogP contribution in [-0.4, -0.2) is 59.5 Å². The molecule has 0 spiro atoms. The number of rotatable bonds is 7. The third-order valence-corrected chi connectivity index (χ3v) is 2.30. The monoisotopic (exact) mass is 272 g/mol. The van der Waals surface area contributed by atoms with E-state index in [1.54, 1.807) is 0 Å². The van der Waals surface area contributed by atoms with Crippen molar-refractivity contribution in [1.82, 2.24) is 15.5 Å². The van der Waals surface area contributed by atoms with Crippen molar-refractivity contribution in [2.24, 2.45) is 5.73 Å². The van der Waals surface area contributed by atoms with Crippen molar-refractivity contribution in [1.29, 1.82) is 0 Å². The van der Waals surface area contributed by atoms with Crippen LogP contribution in [0.1, 0.15) is 12.8 Å². The van der Waals surface area contributed by atoms with E-state index in [2.05, 4.69) is 10.6 Å². The maximum absolute atomic E-state index is 11.6. The minimum atomic E-state index is -1.28. The van der Waals surface area contributed by atoms with E-state index in [9.17, 15) is 19.2 Å². The highest BCUT2D eigenvalue weighted by molar-refractivity contribution is 5.88. The van der Waals surface area contributed by atoms with Crippen LogP contribution < -0.4 is 16.4 Å². The SMILES string of the molecule is NC(=O)CN(CC(=O)O)C(=O)NCC(=O)NC1CC1. The lowest BCUT2D eigenvalue weighted by Gasteiger charge is -2.19. The van der Waals surface area contributed by atoms with Crippen LogP contribution in [0.4, 0.5) is 4.79 Å². The normalized spacial score (nSPS) is 13.5. The number of hydrogen-bond donors (Lipinski definition) is 4. The summed E-state index contributed by atoms with van der Waals surface area (Å²) in [5.41, 5.74) is 4.90. The second kappa shape index (κ2) is 6.57. The van der Waals surface area contributed by atoms with Crippen molar-refractivity contribution in [3.8, 4) is 0 Å². The van der Waals surface area contributed by atoms with E-state index in [4.69, 9.17) is 10.8 Å². The third kappa shape index (κ3) is 6.24. The average Bonchev–Trinajstić information content (AvgIpc) is 3.07. The summed E-state index contributed by atoms with van der Waals surface area (Å²) in [6.07, 6.45) is 1.85. The van der Waals surface area contributed by atoms with Crippen molar-refractivity contribution >= 4 is 23.8 Å². The van der Waals surface area contributed by atoms with E-state index in [0.29, 0.717) is 0 Å². The Morgan fingerprint density at radius 2 is 1.84 bits per heavy atom. The van der Waals surface area contributed by atoms with Crippen LogP contribution in [-0.2, 0) is 14.4 Å². The summed E-state index contributed by atoms with van der Waals surface area (Å²) >= 11 is 0. The van der Waals surface area contributed by atoms with Gasteiger partial charge in [0.05, 0.1) is 6.54 Å². The molecule has 0 unspecified atom stereocenters. The summed E-state index contributed by atoms with van der Waals surface area (Å²) in [5.74, 6) is -2.47. The number of nitrogens with two attached hydrogens (primary N) is 1. The predicted molar refractivity (Wildman–Crippen MR) is 63.0 cm³/mol. The Morgan fingerprint density at radius 3 is 2.32 bits per heavy atom. The molecule has 0 aromatic heterocycles. The average molecular weight is 272 g/mol. The zero-order valence-corrected chi connectivity index (χ0v) is 10.2. The molecule has 0 aromatic carbocycles. The van der Waals surface area contributed by atoms with Gasteiger partial charge in [-0.25, -0.2) is 4.79 Å². The molecule has 0 radical (unpaired) electrons. The Labute approximate surface area is 109 Å². The molecule has 0 saturated heterocycles. The minimum Gasteiger partial charge on any atom is -0.480 e. The maximum Gasteiger partial charge on any atom is 0.323 e. The molecule has 1 rings (SSSR count). The second-order valence-electron chi connectivity index (χ2n) is 4.22. The fraction of sp³-hybridized carbons (Fsp3) is 0.600. The highest BCUT2D eigenvalue weighted by Crippen LogP contribution is 2.18. The molecule has 9 heteroatoms. The molecule has 1 fully saturated rings. The van der Waals surface area contributed by atoms with Gasteiger partial charge in [0.2, 0.25) is 11.8 Å². The van der Waals surface area contributed by atoms with Crippen LogP contribution in [0, 0.1) is 0 Å². The number of urea groups is 1. The van der Waals surface area contributed by atoms with E-state index in [1.807, 2.05) is 0 Å². The van der Waals surface area contributed by atoms with Crippen molar-refractivity contribution in [2.45, 2.75) is 18.9 Å². The van der Waals surface area contributed by atoms with Crippen LogP contribution in [0.5, 0.6) is 0 Å². The third-order valence-electron chi connectivity index (χ3n) is 2.30. The zero-order valence-electron chi connectivity index (χ0n) is 10.2. The molecule has 0 heterocycles. The highest BCUT2D eigenvalue weighted by atomic mass is 16.4. The molecule has 5 N–H and O–H groups in total. The topological polar surface area (TPSA) is 142 Å². The standard InChI is InChI=1S/C10H16N4O5/c11-7(15)4-14(5-9(17)18)10(19)12-3-8(16)13-6-1-2-6/h6H,1-5H2,(H2,11,15)(H,12,19)(H,13,16)(H,17,18). The van der Waals surface area contributed by atoms with Crippen molar-refractivity contribution < 1.29 is 24.3 Å². The number of nitrogens with one attached hydrogen (secondary N) is 2. The Hall–Kier alpha value is -2.32. The summed E-state index contributed by atoms with van der Waals surface area (Å²) in [6, 6.07) is -0.655. The number of nitrogens with zero attached hydrogens (tertiary/aromatic N) is 1. The highest BCUT2D eigenvalue weighted by Gasteiger charge is 2.24. The van der Waals surface area contributed by atoms with Crippen molar-refractivity contribution in [3.05, 3.63) is 0 Å². The molecule has 1 saturated carbocycles. The van der Waals surface area contributed by atoms with Crippen LogP contribution in [0.25, 0.3) is 0 Å². The molecule has 19 heavy (non-hydrogen) atoms. The zero-order chi connectivity index (χ0) is 14.4. The van der Waals surface area contributed by atoms with Gasteiger partial charge in [-0.2, -0.15) is 0 Å². The van der Waals surface area contributed by atoms with E-state index in [1.165, 1.54) is 0 Å². The molecule has 0 aromatic rings. The molecule has 0 bridgehead atoms. The number of amides is 4. The number of carboxylic acid groups (broad SMARTS) is 1. The largest absolute Gasteiger partial charge is 0.480 e. The molecular weight excluding hydrogens is 256 g/mol. The summed E-state index contributed by atoms with van der Waals surface area (Å²) in [5, 5.41) is 13.5.